The van der Waals surface area contributed by atoms with Crippen molar-refractivity contribution in [2.75, 3.05) is 24.5 Å². The van der Waals surface area contributed by atoms with Crippen molar-refractivity contribution in [3.05, 3.63) is 65.5 Å². The van der Waals surface area contributed by atoms with Gasteiger partial charge in [0.15, 0.2) is 0 Å². The van der Waals surface area contributed by atoms with Gasteiger partial charge >= 0.3 is 6.09 Å². The number of hydrogen-bond donors (Lipinski definition) is 1. The fraction of sp³-hybridized carbons (Fsp3) is 0.391. The third-order valence-electron chi connectivity index (χ3n) is 5.84. The molecule has 2 aromatic carbocycles. The highest BCUT2D eigenvalue weighted by atomic mass is 19.1. The maximum absolute atomic E-state index is 14.9. The maximum Gasteiger partial charge on any atom is 0.414 e. The van der Waals surface area contributed by atoms with Gasteiger partial charge in [-0.25, -0.2) is 9.18 Å². The first kappa shape index (κ1) is 20.3. The number of hydrogen-bond acceptors (Lipinski definition) is 4. The van der Waals surface area contributed by atoms with Crippen molar-refractivity contribution in [2.24, 2.45) is 5.73 Å². The van der Waals surface area contributed by atoms with Gasteiger partial charge in [-0.1, -0.05) is 36.4 Å². The average Bonchev–Trinajstić information content (AvgIpc) is 3.33. The van der Waals surface area contributed by atoms with Gasteiger partial charge in [-0.05, 0) is 42.6 Å². The van der Waals surface area contributed by atoms with Crippen LogP contribution in [0.25, 0.3) is 0 Å². The Bertz CT molecular complexity index is 921. The van der Waals surface area contributed by atoms with E-state index in [4.69, 9.17) is 10.5 Å². The monoisotopic (exact) mass is 411 g/mol. The number of primary amides is 1. The molecular weight excluding hydrogens is 385 g/mol. The van der Waals surface area contributed by atoms with E-state index in [-0.39, 0.29) is 18.2 Å². The molecular formula is C23H26FN3O3. The topological polar surface area (TPSA) is 75.9 Å². The molecule has 158 valence electrons. The minimum absolute atomic E-state index is 0.136. The van der Waals surface area contributed by atoms with Crippen molar-refractivity contribution < 1.29 is 18.7 Å². The Morgan fingerprint density at radius 1 is 1.17 bits per heavy atom. The van der Waals surface area contributed by atoms with Gasteiger partial charge in [-0.3, -0.25) is 14.6 Å². The summed E-state index contributed by atoms with van der Waals surface area (Å²) in [4.78, 5) is 26.8. The van der Waals surface area contributed by atoms with Crippen LogP contribution in [-0.2, 0) is 16.1 Å². The lowest BCUT2D eigenvalue weighted by molar-refractivity contribution is -0.118. The van der Waals surface area contributed by atoms with Gasteiger partial charge in [0.2, 0.25) is 5.91 Å². The molecule has 2 fully saturated rings. The van der Waals surface area contributed by atoms with E-state index in [0.29, 0.717) is 24.2 Å². The van der Waals surface area contributed by atoms with Crippen LogP contribution in [0.1, 0.15) is 36.3 Å². The van der Waals surface area contributed by atoms with Crippen LogP contribution in [0.2, 0.25) is 0 Å². The van der Waals surface area contributed by atoms with Crippen molar-refractivity contribution in [3.63, 3.8) is 0 Å². The van der Waals surface area contributed by atoms with E-state index in [0.717, 1.165) is 26.1 Å². The molecule has 2 heterocycles. The molecule has 0 bridgehead atoms. The number of nitrogens with two attached hydrogens (primary N) is 1. The van der Waals surface area contributed by atoms with E-state index < -0.39 is 18.1 Å². The lowest BCUT2D eigenvalue weighted by Gasteiger charge is -2.18. The van der Waals surface area contributed by atoms with Crippen molar-refractivity contribution in [2.45, 2.75) is 37.8 Å². The number of halogens is 1. The molecule has 7 heteroatoms. The SMILES string of the molecule is NC(=O)CCC1CN(c2ccc(C3CCN(Cc4ccccc4)C3)c(F)c2)C(=O)O1. The number of carbonyl (C=O) groups is 2. The molecule has 2 saturated heterocycles. The van der Waals surface area contributed by atoms with Crippen LogP contribution in [0.3, 0.4) is 0 Å². The molecule has 4 rings (SSSR count). The molecule has 2 amide bonds. The number of rotatable bonds is 7. The molecule has 6 nitrogen and oxygen atoms in total. The van der Waals surface area contributed by atoms with Crippen LogP contribution in [0, 0.1) is 5.82 Å². The fourth-order valence-corrected chi connectivity index (χ4v) is 4.27. The van der Waals surface area contributed by atoms with E-state index in [1.165, 1.54) is 16.5 Å². The number of cyclic esters (lactones) is 1. The zero-order valence-electron chi connectivity index (χ0n) is 16.8. The lowest BCUT2D eigenvalue weighted by Crippen LogP contribution is -2.25. The molecule has 0 saturated carbocycles. The Labute approximate surface area is 175 Å². The summed E-state index contributed by atoms with van der Waals surface area (Å²) in [6.45, 7) is 2.90. The van der Waals surface area contributed by atoms with Gasteiger partial charge in [0.25, 0.3) is 0 Å². The van der Waals surface area contributed by atoms with Gasteiger partial charge in [-0.2, -0.15) is 0 Å². The summed E-state index contributed by atoms with van der Waals surface area (Å²) < 4.78 is 20.2. The highest BCUT2D eigenvalue weighted by Crippen LogP contribution is 2.33. The van der Waals surface area contributed by atoms with Crippen LogP contribution < -0.4 is 10.6 Å². The Kier molecular flexibility index (Phi) is 5.99. The first-order valence-electron chi connectivity index (χ1n) is 10.3. The van der Waals surface area contributed by atoms with Crippen molar-refractivity contribution in [3.8, 4) is 0 Å². The van der Waals surface area contributed by atoms with E-state index in [1.807, 2.05) is 18.2 Å². The minimum Gasteiger partial charge on any atom is -0.444 e. The summed E-state index contributed by atoms with van der Waals surface area (Å²) in [5.74, 6) is -0.596. The third kappa shape index (κ3) is 4.62. The molecule has 30 heavy (non-hydrogen) atoms. The summed E-state index contributed by atoms with van der Waals surface area (Å²) in [7, 11) is 0. The Hall–Kier alpha value is -2.93. The second kappa shape index (κ2) is 8.83. The number of likely N-dealkylation sites (tertiary alicyclic amines) is 1. The standard InChI is InChI=1S/C23H26FN3O3/c24-21-12-18(27-15-19(30-23(27)29)7-9-22(25)28)6-8-20(21)17-10-11-26(14-17)13-16-4-2-1-3-5-16/h1-6,8,12,17,19H,7,9-11,13-15H2,(H2,25,28). The summed E-state index contributed by atoms with van der Waals surface area (Å²) in [5.41, 5.74) is 7.57. The highest BCUT2D eigenvalue weighted by molar-refractivity contribution is 5.89. The predicted octanol–water partition coefficient (Wildman–Crippen LogP) is 3.41. The number of anilines is 1. The summed E-state index contributed by atoms with van der Waals surface area (Å²) >= 11 is 0. The molecule has 2 atom stereocenters. The Morgan fingerprint density at radius 3 is 2.70 bits per heavy atom. The van der Waals surface area contributed by atoms with Crippen molar-refractivity contribution >= 4 is 17.7 Å². The fourth-order valence-electron chi connectivity index (χ4n) is 4.27. The molecule has 0 aliphatic carbocycles. The molecule has 0 radical (unpaired) electrons. The summed E-state index contributed by atoms with van der Waals surface area (Å²) in [5, 5.41) is 0. The molecule has 2 N–H and O–H groups in total. The summed E-state index contributed by atoms with van der Waals surface area (Å²) in [6, 6.07) is 15.2. The minimum atomic E-state index is -0.522. The Balaban J connectivity index is 1.39. The first-order chi connectivity index (χ1) is 14.5. The van der Waals surface area contributed by atoms with Gasteiger partial charge in [0, 0.05) is 25.4 Å². The molecule has 0 spiro atoms. The van der Waals surface area contributed by atoms with E-state index in [9.17, 15) is 14.0 Å². The zero-order valence-corrected chi connectivity index (χ0v) is 16.8. The molecule has 2 aliphatic heterocycles. The predicted molar refractivity (Wildman–Crippen MR) is 112 cm³/mol. The van der Waals surface area contributed by atoms with Crippen LogP contribution in [0.4, 0.5) is 14.9 Å². The number of benzene rings is 2. The summed E-state index contributed by atoms with van der Waals surface area (Å²) in [6.07, 6.45) is 0.502. The number of amides is 2. The van der Waals surface area contributed by atoms with Crippen LogP contribution in [0.15, 0.2) is 48.5 Å². The molecule has 2 unspecified atom stereocenters. The van der Waals surface area contributed by atoms with Crippen molar-refractivity contribution in [1.29, 1.82) is 0 Å². The zero-order chi connectivity index (χ0) is 21.1. The smallest absolute Gasteiger partial charge is 0.414 e. The second-order valence-corrected chi connectivity index (χ2v) is 8.03. The van der Waals surface area contributed by atoms with Gasteiger partial charge in [-0.15, -0.1) is 0 Å². The number of carbonyl (C=O) groups excluding carboxylic acids is 2. The van der Waals surface area contributed by atoms with Crippen LogP contribution in [-0.4, -0.2) is 42.6 Å². The Morgan fingerprint density at radius 2 is 1.97 bits per heavy atom. The number of ether oxygens (including phenoxy) is 1. The third-order valence-corrected chi connectivity index (χ3v) is 5.84. The molecule has 0 aromatic heterocycles. The highest BCUT2D eigenvalue weighted by Gasteiger charge is 2.33. The van der Waals surface area contributed by atoms with Crippen LogP contribution >= 0.6 is 0 Å². The van der Waals surface area contributed by atoms with Gasteiger partial charge in [0.05, 0.1) is 12.2 Å². The first-order valence-corrected chi connectivity index (χ1v) is 10.3. The normalized spacial score (nSPS) is 21.8. The van der Waals surface area contributed by atoms with Crippen LogP contribution in [0.5, 0.6) is 0 Å². The maximum atomic E-state index is 14.9. The van der Waals surface area contributed by atoms with E-state index in [2.05, 4.69) is 17.0 Å². The quantitative estimate of drug-likeness (QED) is 0.758. The molecule has 2 aromatic rings. The van der Waals surface area contributed by atoms with Gasteiger partial charge < -0.3 is 10.5 Å². The molecule has 2 aliphatic rings. The van der Waals surface area contributed by atoms with Gasteiger partial charge in [0.1, 0.15) is 11.9 Å². The lowest BCUT2D eigenvalue weighted by atomic mass is 9.97. The second-order valence-electron chi connectivity index (χ2n) is 8.03. The van der Waals surface area contributed by atoms with E-state index >= 15 is 0 Å². The largest absolute Gasteiger partial charge is 0.444 e. The van der Waals surface area contributed by atoms with E-state index in [1.54, 1.807) is 12.1 Å². The average molecular weight is 411 g/mol. The number of nitrogens with zero attached hydrogens (tertiary/aromatic N) is 2. The van der Waals surface area contributed by atoms with Crippen molar-refractivity contribution in [1.82, 2.24) is 4.90 Å².